The maximum absolute atomic E-state index is 5.70. The normalized spacial score (nSPS) is 28.3. The van der Waals surface area contributed by atoms with Crippen LogP contribution in [0.15, 0.2) is 23.4 Å². The zero-order valence-corrected chi connectivity index (χ0v) is 12.8. The number of allylic oxidation sites excluding steroid dienone is 2. The van der Waals surface area contributed by atoms with Crippen molar-refractivity contribution < 1.29 is 9.47 Å². The average molecular weight is 266 g/mol. The first-order valence-electron chi connectivity index (χ1n) is 7.27. The highest BCUT2D eigenvalue weighted by molar-refractivity contribution is 6.85. The van der Waals surface area contributed by atoms with Crippen LogP contribution in [0.2, 0.25) is 18.6 Å². The number of hydrogen-bond acceptors (Lipinski definition) is 2. The molecule has 0 bridgehead atoms. The van der Waals surface area contributed by atoms with Crippen molar-refractivity contribution in [3.63, 3.8) is 0 Å². The molecule has 0 amide bonds. The molecule has 1 unspecified atom stereocenters. The summed E-state index contributed by atoms with van der Waals surface area (Å²) in [6.45, 7) is 6.18. The van der Waals surface area contributed by atoms with E-state index in [1.54, 1.807) is 0 Å². The summed E-state index contributed by atoms with van der Waals surface area (Å²) in [5.41, 5.74) is 3.82. The van der Waals surface area contributed by atoms with Crippen molar-refractivity contribution in [1.29, 1.82) is 0 Å². The minimum Gasteiger partial charge on any atom is -0.353 e. The van der Waals surface area contributed by atoms with Gasteiger partial charge in [0.1, 0.15) is 0 Å². The third-order valence-electron chi connectivity index (χ3n) is 4.07. The van der Waals surface area contributed by atoms with E-state index in [9.17, 15) is 0 Å². The molecular formula is C15H26O2Si. The summed E-state index contributed by atoms with van der Waals surface area (Å²) >= 11 is 0. The van der Waals surface area contributed by atoms with Gasteiger partial charge in [-0.3, -0.25) is 0 Å². The Morgan fingerprint density at radius 3 is 2.78 bits per heavy atom. The van der Waals surface area contributed by atoms with Crippen LogP contribution in [0.25, 0.3) is 0 Å². The van der Waals surface area contributed by atoms with Crippen molar-refractivity contribution in [3.8, 4) is 0 Å². The summed E-state index contributed by atoms with van der Waals surface area (Å²) in [4.78, 5) is 0. The van der Waals surface area contributed by atoms with Gasteiger partial charge in [0.05, 0.1) is 14.7 Å². The second-order valence-electron chi connectivity index (χ2n) is 5.92. The predicted octanol–water partition coefficient (Wildman–Crippen LogP) is 4.05. The Morgan fingerprint density at radius 1 is 1.33 bits per heavy atom. The maximum atomic E-state index is 5.70. The molecule has 2 aliphatic rings. The minimum atomic E-state index is -0.918. The van der Waals surface area contributed by atoms with Crippen molar-refractivity contribution >= 4 is 8.07 Å². The first-order valence-corrected chi connectivity index (χ1v) is 10.3. The molecule has 2 fully saturated rings. The molecule has 0 saturated carbocycles. The van der Waals surface area contributed by atoms with Gasteiger partial charge in [-0.1, -0.05) is 48.5 Å². The van der Waals surface area contributed by atoms with E-state index in [0.29, 0.717) is 6.61 Å². The van der Waals surface area contributed by atoms with Gasteiger partial charge in [-0.25, -0.2) is 0 Å². The van der Waals surface area contributed by atoms with Crippen LogP contribution in [-0.2, 0) is 9.47 Å². The molecule has 0 aromatic carbocycles. The molecular weight excluding hydrogens is 240 g/mol. The lowest BCUT2D eigenvalue weighted by Gasteiger charge is -2.33. The monoisotopic (exact) mass is 266 g/mol. The highest BCUT2D eigenvalue weighted by Gasteiger charge is 2.30. The van der Waals surface area contributed by atoms with Crippen LogP contribution < -0.4 is 0 Å². The Labute approximate surface area is 112 Å². The summed E-state index contributed by atoms with van der Waals surface area (Å²) < 4.78 is 11.2. The molecule has 0 radical (unpaired) electrons. The number of hydrogen-bond donors (Lipinski definition) is 0. The summed E-state index contributed by atoms with van der Waals surface area (Å²) in [7, 11) is -0.918. The van der Waals surface area contributed by atoms with Gasteiger partial charge in [0.2, 0.25) is 0 Å². The minimum absolute atomic E-state index is 0.0327. The molecule has 2 aliphatic heterocycles. The lowest BCUT2D eigenvalue weighted by Crippen LogP contribution is -2.35. The fourth-order valence-electron chi connectivity index (χ4n) is 2.43. The Balaban J connectivity index is 1.68. The van der Waals surface area contributed by atoms with Crippen molar-refractivity contribution in [3.05, 3.63) is 23.4 Å². The quantitative estimate of drug-likeness (QED) is 0.552. The molecule has 0 aliphatic carbocycles. The molecule has 0 N–H and O–H groups in total. The molecule has 3 heteroatoms. The van der Waals surface area contributed by atoms with Crippen molar-refractivity contribution in [1.82, 2.24) is 0 Å². The molecule has 1 atom stereocenters. The largest absolute Gasteiger partial charge is 0.353 e. The Kier molecular flexibility index (Phi) is 5.21. The average Bonchev–Trinajstić information content (AvgIpc) is 2.35. The molecule has 2 rings (SSSR count). The van der Waals surface area contributed by atoms with Gasteiger partial charge in [-0.05, 0) is 26.2 Å². The third kappa shape index (κ3) is 4.37. The highest BCUT2D eigenvalue weighted by Crippen LogP contribution is 2.33. The smallest absolute Gasteiger partial charge is 0.157 e. The van der Waals surface area contributed by atoms with Gasteiger partial charge in [0.25, 0.3) is 0 Å². The van der Waals surface area contributed by atoms with Crippen LogP contribution in [0, 0.1) is 0 Å². The van der Waals surface area contributed by atoms with Crippen molar-refractivity contribution in [2.75, 3.05) is 13.2 Å². The van der Waals surface area contributed by atoms with E-state index in [4.69, 9.17) is 9.47 Å². The molecule has 102 valence electrons. The van der Waals surface area contributed by atoms with Gasteiger partial charge in [0.15, 0.2) is 6.29 Å². The maximum Gasteiger partial charge on any atom is 0.157 e. The van der Waals surface area contributed by atoms with E-state index >= 15 is 0 Å². The molecule has 18 heavy (non-hydrogen) atoms. The van der Waals surface area contributed by atoms with Crippen LogP contribution in [0.4, 0.5) is 0 Å². The Morgan fingerprint density at radius 2 is 2.17 bits per heavy atom. The van der Waals surface area contributed by atoms with E-state index in [0.717, 1.165) is 13.0 Å². The number of ether oxygens (including phenoxy) is 2. The molecule has 2 heterocycles. The van der Waals surface area contributed by atoms with Crippen LogP contribution in [0.5, 0.6) is 0 Å². The van der Waals surface area contributed by atoms with Gasteiger partial charge < -0.3 is 9.47 Å². The predicted molar refractivity (Wildman–Crippen MR) is 78.3 cm³/mol. The van der Waals surface area contributed by atoms with Crippen LogP contribution in [0.1, 0.15) is 32.6 Å². The second-order valence-corrected chi connectivity index (χ2v) is 10.6. The standard InChI is InChI=1S/C15H26O2Si/c1-14(8-13-18(2)11-5-12-18)7-10-17-15-6-3-4-9-16-15/h7-8,13,15H,3-6,9-12H2,1-2H3/b13-8-,14-7+. The Hall–Kier alpha value is -0.383. The summed E-state index contributed by atoms with van der Waals surface area (Å²) in [5, 5.41) is 0. The molecule has 2 saturated heterocycles. The number of rotatable bonds is 5. The van der Waals surface area contributed by atoms with Gasteiger partial charge in [-0.15, -0.1) is 0 Å². The fourth-order valence-corrected chi connectivity index (χ4v) is 4.90. The van der Waals surface area contributed by atoms with Gasteiger partial charge in [-0.2, -0.15) is 0 Å². The lowest BCUT2D eigenvalue weighted by molar-refractivity contribution is -0.155. The zero-order valence-electron chi connectivity index (χ0n) is 11.8. The van der Waals surface area contributed by atoms with Gasteiger partial charge in [0, 0.05) is 6.61 Å². The third-order valence-corrected chi connectivity index (χ3v) is 8.03. The van der Waals surface area contributed by atoms with E-state index in [2.05, 4.69) is 31.3 Å². The fraction of sp³-hybridized carbons (Fsp3) is 0.733. The van der Waals surface area contributed by atoms with Gasteiger partial charge >= 0.3 is 0 Å². The van der Waals surface area contributed by atoms with E-state index in [-0.39, 0.29) is 6.29 Å². The SMILES string of the molecule is CC(/C=C\[Si]1(C)CCC1)=C\COC1CCCCO1. The molecule has 2 nitrogen and oxygen atoms in total. The van der Waals surface area contributed by atoms with Crippen LogP contribution in [-0.4, -0.2) is 27.6 Å². The molecule has 0 aromatic rings. The van der Waals surface area contributed by atoms with E-state index < -0.39 is 8.07 Å². The molecule has 0 aromatic heterocycles. The van der Waals surface area contributed by atoms with Crippen LogP contribution in [0.3, 0.4) is 0 Å². The second kappa shape index (κ2) is 6.69. The van der Waals surface area contributed by atoms with Crippen molar-refractivity contribution in [2.24, 2.45) is 0 Å². The first-order chi connectivity index (χ1) is 8.68. The zero-order chi connectivity index (χ0) is 12.8. The lowest BCUT2D eigenvalue weighted by atomic mass is 10.2. The Bertz CT molecular complexity index is 312. The van der Waals surface area contributed by atoms with E-state index in [1.807, 2.05) is 0 Å². The molecule has 0 spiro atoms. The topological polar surface area (TPSA) is 18.5 Å². The van der Waals surface area contributed by atoms with Crippen LogP contribution >= 0.6 is 0 Å². The highest BCUT2D eigenvalue weighted by atomic mass is 28.3. The summed E-state index contributed by atoms with van der Waals surface area (Å²) in [6.07, 6.45) is 9.41. The van der Waals surface area contributed by atoms with Crippen molar-refractivity contribution in [2.45, 2.75) is 57.5 Å². The summed E-state index contributed by atoms with van der Waals surface area (Å²) in [5.74, 6) is 0. The van der Waals surface area contributed by atoms with E-state index in [1.165, 1.54) is 36.9 Å². The first kappa shape index (κ1) is 14.0. The summed E-state index contributed by atoms with van der Waals surface area (Å²) in [6, 6.07) is 2.95.